The first kappa shape index (κ1) is 14.3. The van der Waals surface area contributed by atoms with Gasteiger partial charge in [-0.05, 0) is 31.0 Å². The average molecular weight is 328 g/mol. The van der Waals surface area contributed by atoms with Crippen molar-refractivity contribution in [3.8, 4) is 5.75 Å². The van der Waals surface area contributed by atoms with Gasteiger partial charge in [-0.3, -0.25) is 4.79 Å². The van der Waals surface area contributed by atoms with E-state index < -0.39 is 0 Å². The number of carbonyl (C=O) groups is 1. The number of benzene rings is 1. The number of carbonyl (C=O) groups excluding carboxylic acids is 1. The molecular formula is C14H18BrNO3. The van der Waals surface area contributed by atoms with E-state index in [1.807, 2.05) is 18.2 Å². The molecule has 1 aliphatic rings. The summed E-state index contributed by atoms with van der Waals surface area (Å²) in [5.41, 5.74) is 0.877. The molecule has 1 aromatic carbocycles. The van der Waals surface area contributed by atoms with Gasteiger partial charge in [0.2, 0.25) is 5.91 Å². The third-order valence-electron chi connectivity index (χ3n) is 3.14. The molecule has 1 atom stereocenters. The van der Waals surface area contributed by atoms with Crippen molar-refractivity contribution in [2.45, 2.75) is 25.4 Å². The van der Waals surface area contributed by atoms with Gasteiger partial charge in [0.25, 0.3) is 0 Å². The average Bonchev–Trinajstić information content (AvgIpc) is 2.90. The molecule has 0 aromatic heterocycles. The second kappa shape index (κ2) is 6.91. The van der Waals surface area contributed by atoms with Crippen molar-refractivity contribution in [3.63, 3.8) is 0 Å². The van der Waals surface area contributed by atoms with Crippen LogP contribution < -0.4 is 10.1 Å². The first-order chi connectivity index (χ1) is 9.19. The fourth-order valence-corrected chi connectivity index (χ4v) is 2.56. The smallest absolute Gasteiger partial charge is 0.224 e. The van der Waals surface area contributed by atoms with Gasteiger partial charge in [-0.15, -0.1) is 0 Å². The molecule has 1 amide bonds. The van der Waals surface area contributed by atoms with Crippen molar-refractivity contribution in [3.05, 3.63) is 28.2 Å². The third-order valence-corrected chi connectivity index (χ3v) is 3.64. The van der Waals surface area contributed by atoms with Gasteiger partial charge in [0.15, 0.2) is 0 Å². The highest BCUT2D eigenvalue weighted by Crippen LogP contribution is 2.23. The van der Waals surface area contributed by atoms with Gasteiger partial charge >= 0.3 is 0 Å². The Balaban J connectivity index is 1.88. The Labute approximate surface area is 121 Å². The summed E-state index contributed by atoms with van der Waals surface area (Å²) in [6.07, 6.45) is 2.60. The van der Waals surface area contributed by atoms with E-state index in [0.29, 0.717) is 13.0 Å². The Morgan fingerprint density at radius 3 is 3.11 bits per heavy atom. The van der Waals surface area contributed by atoms with Crippen LogP contribution >= 0.6 is 15.9 Å². The highest BCUT2D eigenvalue weighted by atomic mass is 79.9. The molecule has 0 bridgehead atoms. The molecule has 0 spiro atoms. The Morgan fingerprint density at radius 1 is 1.58 bits per heavy atom. The molecule has 1 unspecified atom stereocenters. The number of ether oxygens (including phenoxy) is 2. The molecule has 1 heterocycles. The second-order valence-electron chi connectivity index (χ2n) is 4.57. The van der Waals surface area contributed by atoms with Crippen LogP contribution in [0.25, 0.3) is 0 Å². The molecule has 4 nitrogen and oxygen atoms in total. The number of amides is 1. The van der Waals surface area contributed by atoms with Crippen molar-refractivity contribution in [2.75, 3.05) is 20.3 Å². The van der Waals surface area contributed by atoms with Crippen LogP contribution in [0.4, 0.5) is 0 Å². The molecule has 104 valence electrons. The lowest BCUT2D eigenvalue weighted by Gasteiger charge is -2.12. The fraction of sp³-hybridized carbons (Fsp3) is 0.500. The lowest BCUT2D eigenvalue weighted by Crippen LogP contribution is -2.32. The Hall–Kier alpha value is -1.07. The fourth-order valence-electron chi connectivity index (χ4n) is 2.15. The zero-order valence-electron chi connectivity index (χ0n) is 10.9. The Morgan fingerprint density at radius 2 is 2.42 bits per heavy atom. The normalized spacial score (nSPS) is 18.3. The molecule has 1 aliphatic heterocycles. The van der Waals surface area contributed by atoms with Crippen molar-refractivity contribution in [2.24, 2.45) is 0 Å². The van der Waals surface area contributed by atoms with Gasteiger partial charge < -0.3 is 14.8 Å². The van der Waals surface area contributed by atoms with Gasteiger partial charge in [-0.25, -0.2) is 0 Å². The first-order valence-electron chi connectivity index (χ1n) is 6.40. The number of hydrogen-bond donors (Lipinski definition) is 1. The van der Waals surface area contributed by atoms with Crippen LogP contribution in [0.2, 0.25) is 0 Å². The molecule has 1 N–H and O–H groups in total. The maximum Gasteiger partial charge on any atom is 0.224 e. The van der Waals surface area contributed by atoms with Crippen LogP contribution in [0.5, 0.6) is 5.75 Å². The molecule has 1 aromatic rings. The molecular weight excluding hydrogens is 310 g/mol. The molecule has 1 fully saturated rings. The largest absolute Gasteiger partial charge is 0.496 e. The number of hydrogen-bond acceptors (Lipinski definition) is 3. The molecule has 0 aliphatic carbocycles. The Kier molecular flexibility index (Phi) is 5.22. The van der Waals surface area contributed by atoms with Crippen molar-refractivity contribution >= 4 is 21.8 Å². The molecule has 19 heavy (non-hydrogen) atoms. The highest BCUT2D eigenvalue weighted by molar-refractivity contribution is 9.10. The van der Waals surface area contributed by atoms with Gasteiger partial charge in [-0.2, -0.15) is 0 Å². The minimum atomic E-state index is -0.00750. The van der Waals surface area contributed by atoms with Gasteiger partial charge in [0.05, 0.1) is 19.6 Å². The van der Waals surface area contributed by atoms with Crippen molar-refractivity contribution < 1.29 is 14.3 Å². The third kappa shape index (κ3) is 4.21. The lowest BCUT2D eigenvalue weighted by molar-refractivity contribution is -0.120. The zero-order valence-corrected chi connectivity index (χ0v) is 12.5. The van der Waals surface area contributed by atoms with E-state index in [9.17, 15) is 4.79 Å². The summed E-state index contributed by atoms with van der Waals surface area (Å²) in [4.78, 5) is 11.9. The maximum absolute atomic E-state index is 11.9. The lowest BCUT2D eigenvalue weighted by atomic mass is 10.1. The number of rotatable bonds is 5. The predicted octanol–water partition coefficient (Wildman–Crippen LogP) is 2.30. The molecule has 0 saturated carbocycles. The van der Waals surface area contributed by atoms with E-state index in [2.05, 4.69) is 21.2 Å². The minimum Gasteiger partial charge on any atom is -0.496 e. The highest BCUT2D eigenvalue weighted by Gasteiger charge is 2.16. The van der Waals surface area contributed by atoms with Crippen LogP contribution in [0, 0.1) is 0 Å². The number of methoxy groups -OCH3 is 1. The van der Waals surface area contributed by atoms with E-state index in [1.165, 1.54) is 0 Å². The van der Waals surface area contributed by atoms with Crippen LogP contribution in [0.1, 0.15) is 18.4 Å². The minimum absolute atomic E-state index is 0.00750. The van der Waals surface area contributed by atoms with Crippen LogP contribution in [0.3, 0.4) is 0 Å². The second-order valence-corrected chi connectivity index (χ2v) is 5.49. The van der Waals surface area contributed by atoms with E-state index >= 15 is 0 Å². The number of halogens is 1. The molecule has 5 heteroatoms. The Bertz CT molecular complexity index is 444. The SMILES string of the molecule is COc1ccc(Br)cc1CC(=O)NCC1CCCO1. The summed E-state index contributed by atoms with van der Waals surface area (Å²) in [6, 6.07) is 5.66. The monoisotopic (exact) mass is 327 g/mol. The van der Waals surface area contributed by atoms with E-state index in [0.717, 1.165) is 35.2 Å². The standard InChI is InChI=1S/C14H18BrNO3/c1-18-13-5-4-11(15)7-10(13)8-14(17)16-9-12-3-2-6-19-12/h4-5,7,12H,2-3,6,8-9H2,1H3,(H,16,17). The summed E-state index contributed by atoms with van der Waals surface area (Å²) in [6.45, 7) is 1.40. The number of nitrogens with one attached hydrogen (secondary N) is 1. The van der Waals surface area contributed by atoms with Gasteiger partial charge in [-0.1, -0.05) is 15.9 Å². The quantitative estimate of drug-likeness (QED) is 0.902. The van der Waals surface area contributed by atoms with Crippen molar-refractivity contribution in [1.29, 1.82) is 0 Å². The van der Waals surface area contributed by atoms with Crippen LogP contribution in [-0.4, -0.2) is 32.3 Å². The summed E-state index contributed by atoms with van der Waals surface area (Å²) < 4.78 is 11.7. The van der Waals surface area contributed by atoms with E-state index in [-0.39, 0.29) is 12.0 Å². The van der Waals surface area contributed by atoms with Crippen LogP contribution in [-0.2, 0) is 16.0 Å². The van der Waals surface area contributed by atoms with Crippen molar-refractivity contribution in [1.82, 2.24) is 5.32 Å². The summed E-state index contributed by atoms with van der Waals surface area (Å²) >= 11 is 3.40. The summed E-state index contributed by atoms with van der Waals surface area (Å²) in [7, 11) is 1.61. The van der Waals surface area contributed by atoms with Crippen LogP contribution in [0.15, 0.2) is 22.7 Å². The summed E-state index contributed by atoms with van der Waals surface area (Å²) in [5, 5.41) is 2.91. The topological polar surface area (TPSA) is 47.6 Å². The zero-order chi connectivity index (χ0) is 13.7. The van der Waals surface area contributed by atoms with Gasteiger partial charge in [0, 0.05) is 23.2 Å². The first-order valence-corrected chi connectivity index (χ1v) is 7.19. The van der Waals surface area contributed by atoms with E-state index in [4.69, 9.17) is 9.47 Å². The molecule has 2 rings (SSSR count). The van der Waals surface area contributed by atoms with E-state index in [1.54, 1.807) is 7.11 Å². The maximum atomic E-state index is 11.9. The molecule has 0 radical (unpaired) electrons. The summed E-state index contributed by atoms with van der Waals surface area (Å²) in [5.74, 6) is 0.724. The predicted molar refractivity (Wildman–Crippen MR) is 76.4 cm³/mol. The molecule has 1 saturated heterocycles. The van der Waals surface area contributed by atoms with Gasteiger partial charge in [0.1, 0.15) is 5.75 Å².